The van der Waals surface area contributed by atoms with E-state index in [1.165, 1.54) is 6.33 Å². The number of aromatic nitrogens is 4. The zero-order valence-electron chi connectivity index (χ0n) is 35.4. The molecule has 0 saturated carbocycles. The van der Waals surface area contributed by atoms with E-state index in [2.05, 4.69) is 20.2 Å². The van der Waals surface area contributed by atoms with Gasteiger partial charge in [-0.2, -0.15) is 5.10 Å². The van der Waals surface area contributed by atoms with E-state index in [-0.39, 0.29) is 36.1 Å². The number of ether oxygens (including phenoxy) is 1. The summed E-state index contributed by atoms with van der Waals surface area (Å²) in [6, 6.07) is 22.2. The van der Waals surface area contributed by atoms with E-state index in [0.717, 1.165) is 47.7 Å². The van der Waals surface area contributed by atoms with E-state index in [0.29, 0.717) is 98.1 Å². The summed E-state index contributed by atoms with van der Waals surface area (Å²) >= 11 is 1.62. The van der Waals surface area contributed by atoms with Crippen LogP contribution in [0.2, 0.25) is 0 Å². The van der Waals surface area contributed by atoms with Crippen LogP contribution in [0.5, 0.6) is 11.5 Å². The highest BCUT2D eigenvalue weighted by Crippen LogP contribution is 2.36. The van der Waals surface area contributed by atoms with Crippen LogP contribution in [0.1, 0.15) is 60.5 Å². The topological polar surface area (TPSA) is 189 Å². The van der Waals surface area contributed by atoms with Crippen LogP contribution in [0.25, 0.3) is 22.3 Å². The van der Waals surface area contributed by atoms with E-state index in [1.807, 2.05) is 87.3 Å². The van der Waals surface area contributed by atoms with Crippen molar-refractivity contribution in [3.05, 3.63) is 102 Å². The lowest BCUT2D eigenvalue weighted by atomic mass is 10.0. The number of nitrogens with zero attached hydrogens (tertiary/aromatic N) is 8. The molecule has 5 amide bonds. The van der Waals surface area contributed by atoms with Crippen LogP contribution in [0.3, 0.4) is 0 Å². The second kappa shape index (κ2) is 19.0. The Morgan fingerprint density at radius 3 is 2.48 bits per heavy atom. The van der Waals surface area contributed by atoms with Gasteiger partial charge in [-0.15, -0.1) is 11.8 Å². The molecule has 2 atom stereocenters. The summed E-state index contributed by atoms with van der Waals surface area (Å²) in [5, 5.41) is 8.06. The average Bonchev–Trinajstić information content (AvgIpc) is 3.87. The smallest absolute Gasteiger partial charge is 0.255 e. The van der Waals surface area contributed by atoms with Gasteiger partial charge in [0.25, 0.3) is 5.91 Å². The number of rotatable bonds is 13. The lowest BCUT2D eigenvalue weighted by molar-refractivity contribution is -0.137. The van der Waals surface area contributed by atoms with Crippen molar-refractivity contribution in [2.24, 2.45) is 0 Å². The van der Waals surface area contributed by atoms with Gasteiger partial charge in [-0.05, 0) is 85.5 Å². The van der Waals surface area contributed by atoms with E-state index in [1.54, 1.807) is 28.8 Å². The first-order chi connectivity index (χ1) is 31.2. The van der Waals surface area contributed by atoms with Crippen LogP contribution < -0.4 is 15.8 Å². The number of nitrogens with two attached hydrogens (primary N) is 1. The third-order valence-corrected chi connectivity index (χ3v) is 13.5. The van der Waals surface area contributed by atoms with Gasteiger partial charge in [0.05, 0.1) is 11.4 Å². The van der Waals surface area contributed by atoms with Crippen LogP contribution in [0, 0.1) is 0 Å². The number of nitrogens with one attached hydrogen (secondary N) is 1. The van der Waals surface area contributed by atoms with Gasteiger partial charge in [-0.25, -0.2) is 14.6 Å². The highest BCUT2D eigenvalue weighted by molar-refractivity contribution is 7.99. The summed E-state index contributed by atoms with van der Waals surface area (Å²) in [6.45, 7) is 4.80. The fraction of sp³-hybridized carbons (Fsp3) is 0.362. The van der Waals surface area contributed by atoms with Gasteiger partial charge in [0, 0.05) is 87.3 Å². The maximum Gasteiger partial charge on any atom is 0.255 e. The minimum atomic E-state index is -0.651. The number of hydrogen-bond acceptors (Lipinski definition) is 12. The number of piperazine rings is 1. The van der Waals surface area contributed by atoms with Gasteiger partial charge in [-0.1, -0.05) is 30.3 Å². The molecular weight excluding hydrogens is 833 g/mol. The summed E-state index contributed by atoms with van der Waals surface area (Å²) in [5.74, 6) is 1.67. The lowest BCUT2D eigenvalue weighted by Crippen LogP contribution is -2.52. The fourth-order valence-corrected chi connectivity index (χ4v) is 9.99. The largest absolute Gasteiger partial charge is 0.457 e. The SMILES string of the molecule is Nc1ncnc2c1c(-c1ccc(Oc3ccccc3)cc1)nn2C1CCCN(C(=O)/C=C/CN2CCN(C(=O)CCCSc3cccc4c3CN(C3CCC(=O)NC3=O)C4=O)CC2)C1. The van der Waals surface area contributed by atoms with Crippen molar-refractivity contribution in [3.63, 3.8) is 0 Å². The van der Waals surface area contributed by atoms with Crippen molar-refractivity contribution in [2.75, 3.05) is 57.3 Å². The molecule has 6 heterocycles. The number of hydrogen-bond donors (Lipinski definition) is 2. The van der Waals surface area contributed by atoms with Crippen molar-refractivity contribution in [1.29, 1.82) is 0 Å². The molecule has 64 heavy (non-hydrogen) atoms. The molecule has 330 valence electrons. The zero-order chi connectivity index (χ0) is 44.2. The summed E-state index contributed by atoms with van der Waals surface area (Å²) in [4.78, 5) is 81.4. The monoisotopic (exact) mass is 882 g/mol. The van der Waals surface area contributed by atoms with E-state index < -0.39 is 11.9 Å². The molecular formula is C47H50N10O6S. The minimum Gasteiger partial charge on any atom is -0.457 e. The summed E-state index contributed by atoms with van der Waals surface area (Å²) in [7, 11) is 0. The molecule has 3 fully saturated rings. The summed E-state index contributed by atoms with van der Waals surface area (Å²) in [5.41, 5.74) is 10.1. The van der Waals surface area contributed by atoms with Crippen LogP contribution in [-0.2, 0) is 25.7 Å². The minimum absolute atomic E-state index is 0.0464. The van der Waals surface area contributed by atoms with Crippen molar-refractivity contribution in [2.45, 2.75) is 62.0 Å². The number of carbonyl (C=O) groups excluding carboxylic acids is 5. The molecule has 5 aromatic rings. The number of fused-ring (bicyclic) bond motifs is 2. The fourth-order valence-electron chi connectivity index (χ4n) is 8.96. The number of amides is 5. The Morgan fingerprint density at radius 2 is 1.69 bits per heavy atom. The number of benzene rings is 3. The zero-order valence-corrected chi connectivity index (χ0v) is 36.3. The Balaban J connectivity index is 0.727. The Bertz CT molecular complexity index is 2590. The quantitative estimate of drug-likeness (QED) is 0.0693. The van der Waals surface area contributed by atoms with Gasteiger partial charge in [0.2, 0.25) is 23.6 Å². The highest BCUT2D eigenvalue weighted by atomic mass is 32.2. The molecule has 16 nitrogen and oxygen atoms in total. The molecule has 17 heteroatoms. The van der Waals surface area contributed by atoms with Crippen LogP contribution in [0.15, 0.2) is 96.2 Å². The summed E-state index contributed by atoms with van der Waals surface area (Å²) < 4.78 is 7.89. The Hall–Kier alpha value is -6.59. The number of thioether (sulfide) groups is 1. The Morgan fingerprint density at radius 1 is 0.891 bits per heavy atom. The molecule has 3 saturated heterocycles. The van der Waals surface area contributed by atoms with Crippen LogP contribution in [0.4, 0.5) is 5.82 Å². The molecule has 0 spiro atoms. The van der Waals surface area contributed by atoms with Gasteiger partial charge in [-0.3, -0.25) is 34.2 Å². The number of para-hydroxylation sites is 1. The maximum absolute atomic E-state index is 13.5. The van der Waals surface area contributed by atoms with Crippen molar-refractivity contribution in [1.82, 2.24) is 44.7 Å². The molecule has 2 unspecified atom stereocenters. The van der Waals surface area contributed by atoms with Crippen molar-refractivity contribution >= 4 is 58.1 Å². The normalized spacial score (nSPS) is 19.4. The molecule has 0 aliphatic carbocycles. The lowest BCUT2D eigenvalue weighted by Gasteiger charge is -2.34. The average molecular weight is 883 g/mol. The Kier molecular flexibility index (Phi) is 12.7. The first-order valence-electron chi connectivity index (χ1n) is 21.9. The number of anilines is 1. The van der Waals surface area contributed by atoms with Crippen LogP contribution >= 0.6 is 11.8 Å². The first kappa shape index (κ1) is 42.7. The van der Waals surface area contributed by atoms with Crippen LogP contribution in [-0.4, -0.2) is 126 Å². The number of carbonyl (C=O) groups is 5. The third kappa shape index (κ3) is 9.22. The van der Waals surface area contributed by atoms with Crippen molar-refractivity contribution < 1.29 is 28.7 Å². The number of imide groups is 1. The van der Waals surface area contributed by atoms with Gasteiger partial charge in [0.15, 0.2) is 5.65 Å². The van der Waals surface area contributed by atoms with Gasteiger partial charge in [0.1, 0.15) is 35.4 Å². The van der Waals surface area contributed by atoms with E-state index in [4.69, 9.17) is 15.6 Å². The predicted molar refractivity (Wildman–Crippen MR) is 241 cm³/mol. The Labute approximate surface area is 374 Å². The van der Waals surface area contributed by atoms with E-state index >= 15 is 0 Å². The standard InChI is InChI=1S/C47H50N10O6S/c48-44-42-43(31-15-17-34(18-16-31)63-33-9-2-1-3-10-33)52-57(45(42)50-30-49-44)32-8-5-22-55(28-32)41(60)13-6-21-53-23-25-54(26-24-53)40(59)14-7-27-64-38-12-4-11-35-36(38)29-56(47(35)62)37-19-20-39(58)51-46(37)61/h1-4,6,9-13,15-18,30,32,37H,5,7-8,14,19-29H2,(H2,48,49,50)(H,51,58,61)/b13-6+. The number of likely N-dealkylation sites (tertiary alicyclic amines) is 1. The third-order valence-electron chi connectivity index (χ3n) is 12.4. The maximum atomic E-state index is 13.5. The second-order valence-electron chi connectivity index (χ2n) is 16.5. The molecule has 9 rings (SSSR count). The van der Waals surface area contributed by atoms with Crippen molar-refractivity contribution in [3.8, 4) is 22.8 Å². The number of piperidine rings is 2. The molecule has 3 N–H and O–H groups in total. The molecule has 2 aromatic heterocycles. The van der Waals surface area contributed by atoms with Gasteiger partial charge >= 0.3 is 0 Å². The molecule has 0 bridgehead atoms. The molecule has 4 aliphatic rings. The van der Waals surface area contributed by atoms with E-state index in [9.17, 15) is 24.0 Å². The summed E-state index contributed by atoms with van der Waals surface area (Å²) in [6.07, 6.45) is 8.35. The first-order valence-corrected chi connectivity index (χ1v) is 22.9. The molecule has 0 radical (unpaired) electrons. The highest BCUT2D eigenvalue weighted by Gasteiger charge is 2.40. The van der Waals surface area contributed by atoms with Gasteiger partial charge < -0.3 is 25.2 Å². The molecule has 4 aliphatic heterocycles. The predicted octanol–water partition coefficient (Wildman–Crippen LogP) is 5.07. The second-order valence-corrected chi connectivity index (χ2v) is 17.6. The molecule has 3 aromatic carbocycles. The number of nitrogen functional groups attached to an aromatic ring is 1.